The molecule has 0 aliphatic carbocycles. The summed E-state index contributed by atoms with van der Waals surface area (Å²) >= 11 is 0. The van der Waals surface area contributed by atoms with Crippen LogP contribution in [0.25, 0.3) is 0 Å². The van der Waals surface area contributed by atoms with Crippen molar-refractivity contribution in [3.8, 4) is 0 Å². The second kappa shape index (κ2) is 2.56. The summed E-state index contributed by atoms with van der Waals surface area (Å²) in [7, 11) is 0. The van der Waals surface area contributed by atoms with Crippen molar-refractivity contribution >= 4 is 5.97 Å². The van der Waals surface area contributed by atoms with Crippen LogP contribution in [0.15, 0.2) is 18.5 Å². The summed E-state index contributed by atoms with van der Waals surface area (Å²) in [4.78, 5) is 10.2. The Morgan fingerprint density at radius 1 is 1.80 bits per heavy atom. The molecule has 0 amide bonds. The molecule has 3 heteroatoms. The Balaban J connectivity index is 2.67. The second-order valence-electron chi connectivity index (χ2n) is 2.25. The normalized spacial score (nSPS) is 9.70. The van der Waals surface area contributed by atoms with Gasteiger partial charge in [0, 0.05) is 12.4 Å². The Labute approximate surface area is 58.9 Å². The van der Waals surface area contributed by atoms with Crippen molar-refractivity contribution < 1.29 is 9.90 Å². The van der Waals surface area contributed by atoms with Gasteiger partial charge >= 0.3 is 5.97 Å². The number of carboxylic acid groups (broad SMARTS) is 1. The second-order valence-corrected chi connectivity index (χ2v) is 2.25. The molecule has 1 aromatic heterocycles. The highest BCUT2D eigenvalue weighted by atomic mass is 16.4. The van der Waals surface area contributed by atoms with Crippen molar-refractivity contribution in [1.82, 2.24) is 4.57 Å². The van der Waals surface area contributed by atoms with Crippen LogP contribution in [0.4, 0.5) is 0 Å². The number of aromatic nitrogens is 1. The van der Waals surface area contributed by atoms with E-state index in [0.717, 1.165) is 5.56 Å². The molecular weight excluding hydrogens is 130 g/mol. The Hall–Kier alpha value is -1.25. The maximum atomic E-state index is 10.2. The highest BCUT2D eigenvalue weighted by Gasteiger charge is 1.96. The molecule has 54 valence electrons. The minimum atomic E-state index is -0.810. The van der Waals surface area contributed by atoms with E-state index in [1.165, 1.54) is 0 Å². The lowest BCUT2D eigenvalue weighted by Gasteiger charge is -1.93. The smallest absolute Gasteiger partial charge is 0.323 e. The SMILES string of the molecule is Cc1ccn(CC(=O)O)c1. The number of carbonyl (C=O) groups is 1. The molecule has 10 heavy (non-hydrogen) atoms. The zero-order chi connectivity index (χ0) is 7.56. The maximum absolute atomic E-state index is 10.2. The van der Waals surface area contributed by atoms with Crippen LogP contribution in [-0.4, -0.2) is 15.6 Å². The van der Waals surface area contributed by atoms with Gasteiger partial charge in [0.25, 0.3) is 0 Å². The molecule has 1 aromatic rings. The number of hydrogen-bond acceptors (Lipinski definition) is 1. The third-order valence-corrected chi connectivity index (χ3v) is 1.22. The molecule has 0 saturated carbocycles. The van der Waals surface area contributed by atoms with Crippen LogP contribution >= 0.6 is 0 Å². The number of aryl methyl sites for hydroxylation is 1. The molecule has 1 N–H and O–H groups in total. The Morgan fingerprint density at radius 2 is 2.50 bits per heavy atom. The Bertz CT molecular complexity index is 240. The molecule has 1 rings (SSSR count). The van der Waals surface area contributed by atoms with Crippen LogP contribution in [0, 0.1) is 6.92 Å². The van der Waals surface area contributed by atoms with Gasteiger partial charge in [-0.15, -0.1) is 0 Å². The van der Waals surface area contributed by atoms with Gasteiger partial charge in [0.1, 0.15) is 6.54 Å². The molecule has 0 spiro atoms. The molecule has 0 aliphatic rings. The van der Waals surface area contributed by atoms with Gasteiger partial charge in [-0.25, -0.2) is 0 Å². The van der Waals surface area contributed by atoms with E-state index in [9.17, 15) is 4.79 Å². The molecule has 3 nitrogen and oxygen atoms in total. The summed E-state index contributed by atoms with van der Waals surface area (Å²) in [5, 5.41) is 8.36. The first-order valence-corrected chi connectivity index (χ1v) is 3.02. The van der Waals surface area contributed by atoms with Crippen molar-refractivity contribution in [3.05, 3.63) is 24.0 Å². The monoisotopic (exact) mass is 139 g/mol. The summed E-state index contributed by atoms with van der Waals surface area (Å²) in [5.74, 6) is -0.810. The van der Waals surface area contributed by atoms with E-state index in [-0.39, 0.29) is 6.54 Å². The van der Waals surface area contributed by atoms with Gasteiger partial charge in [-0.3, -0.25) is 4.79 Å². The zero-order valence-electron chi connectivity index (χ0n) is 5.74. The van der Waals surface area contributed by atoms with Crippen molar-refractivity contribution in [2.75, 3.05) is 0 Å². The molecular formula is C7H9NO2. The maximum Gasteiger partial charge on any atom is 0.323 e. The molecule has 0 fully saturated rings. The average Bonchev–Trinajstić information content (AvgIpc) is 2.13. The first kappa shape index (κ1) is 6.86. The lowest BCUT2D eigenvalue weighted by atomic mass is 10.4. The van der Waals surface area contributed by atoms with Crippen molar-refractivity contribution in [2.24, 2.45) is 0 Å². The minimum Gasteiger partial charge on any atom is -0.480 e. The average molecular weight is 139 g/mol. The summed E-state index contributed by atoms with van der Waals surface area (Å²) in [6.45, 7) is 1.98. The lowest BCUT2D eigenvalue weighted by molar-refractivity contribution is -0.137. The molecule has 0 aliphatic heterocycles. The summed E-state index contributed by atoms with van der Waals surface area (Å²) in [6, 6.07) is 1.88. The van der Waals surface area contributed by atoms with Gasteiger partial charge in [-0.1, -0.05) is 0 Å². The van der Waals surface area contributed by atoms with E-state index in [0.29, 0.717) is 0 Å². The highest BCUT2D eigenvalue weighted by molar-refractivity contribution is 5.66. The van der Waals surface area contributed by atoms with Gasteiger partial charge in [0.05, 0.1) is 0 Å². The number of nitrogens with zero attached hydrogens (tertiary/aromatic N) is 1. The molecule has 0 aromatic carbocycles. The van der Waals surface area contributed by atoms with Crippen LogP contribution in [-0.2, 0) is 11.3 Å². The van der Waals surface area contributed by atoms with Gasteiger partial charge in [-0.05, 0) is 18.6 Å². The fraction of sp³-hybridized carbons (Fsp3) is 0.286. The Morgan fingerprint density at radius 3 is 2.90 bits per heavy atom. The van der Waals surface area contributed by atoms with E-state index in [2.05, 4.69) is 0 Å². The van der Waals surface area contributed by atoms with Crippen LogP contribution in [0.1, 0.15) is 5.56 Å². The zero-order valence-corrected chi connectivity index (χ0v) is 5.74. The van der Waals surface area contributed by atoms with Crippen LogP contribution in [0.3, 0.4) is 0 Å². The number of carboxylic acids is 1. The summed E-state index contributed by atoms with van der Waals surface area (Å²) in [5.41, 5.74) is 1.08. The fourth-order valence-corrected chi connectivity index (χ4v) is 0.815. The number of rotatable bonds is 2. The third kappa shape index (κ3) is 1.62. The topological polar surface area (TPSA) is 42.2 Å². The molecule has 0 bridgehead atoms. The predicted molar refractivity (Wildman–Crippen MR) is 36.8 cm³/mol. The summed E-state index contributed by atoms with van der Waals surface area (Å²) < 4.78 is 1.64. The predicted octanol–water partition coefficient (Wildman–Crippen LogP) is 0.881. The third-order valence-electron chi connectivity index (χ3n) is 1.22. The molecule has 0 radical (unpaired) electrons. The Kier molecular flexibility index (Phi) is 1.76. The van der Waals surface area contributed by atoms with Crippen molar-refractivity contribution in [2.45, 2.75) is 13.5 Å². The first-order valence-electron chi connectivity index (χ1n) is 3.02. The minimum absolute atomic E-state index is 0.0494. The van der Waals surface area contributed by atoms with E-state index in [1.807, 2.05) is 13.0 Å². The highest BCUT2D eigenvalue weighted by Crippen LogP contribution is 1.97. The van der Waals surface area contributed by atoms with Crippen molar-refractivity contribution in [1.29, 1.82) is 0 Å². The van der Waals surface area contributed by atoms with Gasteiger partial charge in [-0.2, -0.15) is 0 Å². The molecule has 1 heterocycles. The molecule has 0 atom stereocenters. The van der Waals surface area contributed by atoms with E-state index in [4.69, 9.17) is 5.11 Å². The largest absolute Gasteiger partial charge is 0.480 e. The quantitative estimate of drug-likeness (QED) is 0.660. The molecule has 0 saturated heterocycles. The fourth-order valence-electron chi connectivity index (χ4n) is 0.815. The van der Waals surface area contributed by atoms with Gasteiger partial charge in [0.15, 0.2) is 0 Å². The van der Waals surface area contributed by atoms with Gasteiger partial charge < -0.3 is 9.67 Å². The number of hydrogen-bond donors (Lipinski definition) is 1. The number of aliphatic carboxylic acids is 1. The van der Waals surface area contributed by atoms with Crippen LogP contribution in [0.2, 0.25) is 0 Å². The lowest BCUT2D eigenvalue weighted by Crippen LogP contribution is -2.05. The summed E-state index contributed by atoms with van der Waals surface area (Å²) in [6.07, 6.45) is 3.55. The molecule has 0 unspecified atom stereocenters. The standard InChI is InChI=1S/C7H9NO2/c1-6-2-3-8(4-6)5-7(9)10/h2-4H,5H2,1H3,(H,9,10). The van der Waals surface area contributed by atoms with Crippen LogP contribution in [0.5, 0.6) is 0 Å². The van der Waals surface area contributed by atoms with Crippen LogP contribution < -0.4 is 0 Å². The van der Waals surface area contributed by atoms with Gasteiger partial charge in [0.2, 0.25) is 0 Å². The van der Waals surface area contributed by atoms with Crippen molar-refractivity contribution in [3.63, 3.8) is 0 Å². The first-order chi connectivity index (χ1) is 4.68. The van der Waals surface area contributed by atoms with E-state index >= 15 is 0 Å². The van der Waals surface area contributed by atoms with E-state index in [1.54, 1.807) is 17.0 Å². The van der Waals surface area contributed by atoms with E-state index < -0.39 is 5.97 Å².